The Morgan fingerprint density at radius 1 is 1.25 bits per heavy atom. The van der Waals surface area contributed by atoms with Crippen molar-refractivity contribution in [2.75, 3.05) is 52.8 Å². The van der Waals surface area contributed by atoms with Gasteiger partial charge >= 0.3 is 0 Å². The van der Waals surface area contributed by atoms with E-state index in [1.807, 2.05) is 37.0 Å². The number of ether oxygens (including phenoxy) is 1. The number of carbonyl (C=O) groups is 1. The number of pyridine rings is 1. The van der Waals surface area contributed by atoms with E-state index >= 15 is 0 Å². The lowest BCUT2D eigenvalue weighted by Gasteiger charge is -2.21. The summed E-state index contributed by atoms with van der Waals surface area (Å²) in [5.74, 6) is 2.07. The van der Waals surface area contributed by atoms with E-state index < -0.39 is 0 Å². The van der Waals surface area contributed by atoms with E-state index in [-0.39, 0.29) is 12.5 Å². The van der Waals surface area contributed by atoms with Gasteiger partial charge in [0.15, 0.2) is 5.82 Å². The fourth-order valence-corrected chi connectivity index (χ4v) is 3.27. The van der Waals surface area contributed by atoms with Crippen molar-refractivity contribution in [1.82, 2.24) is 25.2 Å². The number of hydrogen-bond donors (Lipinski definition) is 1. The Morgan fingerprint density at radius 2 is 2.07 bits per heavy atom. The van der Waals surface area contributed by atoms with Gasteiger partial charge in [0.2, 0.25) is 5.91 Å². The van der Waals surface area contributed by atoms with Crippen molar-refractivity contribution in [3.8, 4) is 17.3 Å². The highest BCUT2D eigenvalue weighted by Gasteiger charge is 2.23. The van der Waals surface area contributed by atoms with Gasteiger partial charge in [-0.3, -0.25) is 9.78 Å². The summed E-state index contributed by atoms with van der Waals surface area (Å²) in [6.45, 7) is 1.69. The predicted octanol–water partition coefficient (Wildman–Crippen LogP) is 1.15. The molecule has 0 radical (unpaired) electrons. The topological polar surface area (TPSA) is 83.5 Å². The van der Waals surface area contributed by atoms with Crippen LogP contribution in [-0.2, 0) is 17.6 Å². The van der Waals surface area contributed by atoms with Gasteiger partial charge in [-0.25, -0.2) is 9.97 Å². The molecule has 0 atom stereocenters. The highest BCUT2D eigenvalue weighted by Crippen LogP contribution is 2.31. The molecule has 28 heavy (non-hydrogen) atoms. The minimum absolute atomic E-state index is 0.0178. The van der Waals surface area contributed by atoms with Crippen LogP contribution in [0.15, 0.2) is 18.3 Å². The summed E-state index contributed by atoms with van der Waals surface area (Å²) in [6.07, 6.45) is 4.59. The Morgan fingerprint density at radius 3 is 2.82 bits per heavy atom. The maximum absolute atomic E-state index is 12.3. The molecule has 0 saturated carbocycles. The van der Waals surface area contributed by atoms with E-state index in [9.17, 15) is 4.79 Å². The first-order valence-corrected chi connectivity index (χ1v) is 9.50. The van der Waals surface area contributed by atoms with Crippen molar-refractivity contribution in [2.45, 2.75) is 19.3 Å². The van der Waals surface area contributed by atoms with Crippen LogP contribution in [0.2, 0.25) is 0 Å². The van der Waals surface area contributed by atoms with Crippen LogP contribution in [0.4, 0.5) is 5.82 Å². The molecule has 0 saturated heterocycles. The van der Waals surface area contributed by atoms with Gasteiger partial charge in [0.1, 0.15) is 17.3 Å². The molecule has 0 aromatic carbocycles. The second kappa shape index (κ2) is 8.97. The number of amides is 1. The third-order valence-corrected chi connectivity index (χ3v) is 4.73. The van der Waals surface area contributed by atoms with Crippen molar-refractivity contribution in [3.63, 3.8) is 0 Å². The van der Waals surface area contributed by atoms with E-state index in [0.717, 1.165) is 42.9 Å². The van der Waals surface area contributed by atoms with Crippen molar-refractivity contribution < 1.29 is 9.53 Å². The zero-order valence-corrected chi connectivity index (χ0v) is 17.0. The van der Waals surface area contributed by atoms with Crippen molar-refractivity contribution in [2.24, 2.45) is 0 Å². The molecule has 0 fully saturated rings. The number of hydrogen-bond acceptors (Lipinski definition) is 7. The summed E-state index contributed by atoms with van der Waals surface area (Å²) in [5, 5.41) is 2.95. The molecule has 2 aromatic heterocycles. The number of aromatic nitrogens is 3. The molecular formula is C20H28N6O2. The van der Waals surface area contributed by atoms with Gasteiger partial charge in [0, 0.05) is 43.7 Å². The fourth-order valence-electron chi connectivity index (χ4n) is 3.27. The molecule has 3 rings (SSSR count). The molecular weight excluding hydrogens is 356 g/mol. The van der Waals surface area contributed by atoms with Crippen LogP contribution in [0.1, 0.15) is 17.7 Å². The third kappa shape index (κ3) is 4.75. The van der Waals surface area contributed by atoms with Crippen molar-refractivity contribution >= 4 is 11.7 Å². The number of carbonyl (C=O) groups excluding carboxylic acids is 1. The van der Waals surface area contributed by atoms with Gasteiger partial charge in [-0.05, 0) is 39.4 Å². The fraction of sp³-hybridized carbons (Fsp3) is 0.500. The molecule has 8 nitrogen and oxygen atoms in total. The standard InChI is InChI=1S/C20H28N6O2/c1-25(2)11-10-22-18(27)13-26(3)20-15-6-5-7-16(15)23-19(24-20)17-12-14(28-4)8-9-21-17/h8-9,12H,5-7,10-11,13H2,1-4H3,(H,22,27). The van der Waals surface area contributed by atoms with Crippen molar-refractivity contribution in [3.05, 3.63) is 29.6 Å². The first kappa shape index (κ1) is 20.0. The molecule has 0 aliphatic heterocycles. The Kier molecular flexibility index (Phi) is 6.41. The maximum Gasteiger partial charge on any atom is 0.239 e. The summed E-state index contributed by atoms with van der Waals surface area (Å²) in [5.41, 5.74) is 2.85. The number of rotatable bonds is 8. The highest BCUT2D eigenvalue weighted by molar-refractivity contribution is 5.81. The number of fused-ring (bicyclic) bond motifs is 1. The van der Waals surface area contributed by atoms with Gasteiger partial charge < -0.3 is 19.9 Å². The van der Waals surface area contributed by atoms with Gasteiger partial charge in [0.05, 0.1) is 13.7 Å². The molecule has 1 amide bonds. The largest absolute Gasteiger partial charge is 0.497 e. The lowest BCUT2D eigenvalue weighted by Crippen LogP contribution is -2.38. The Hall–Kier alpha value is -2.74. The Balaban J connectivity index is 1.82. The quantitative estimate of drug-likeness (QED) is 0.731. The van der Waals surface area contributed by atoms with E-state index in [1.165, 1.54) is 0 Å². The SMILES string of the molecule is COc1ccnc(-c2nc3c(c(N(C)CC(=O)NCCN(C)C)n2)CCC3)c1. The van der Waals surface area contributed by atoms with E-state index in [2.05, 4.69) is 10.3 Å². The van der Waals surface area contributed by atoms with E-state index in [1.54, 1.807) is 19.4 Å². The predicted molar refractivity (Wildman–Crippen MR) is 109 cm³/mol. The molecule has 0 unspecified atom stereocenters. The van der Waals surface area contributed by atoms with Crippen LogP contribution >= 0.6 is 0 Å². The van der Waals surface area contributed by atoms with Crippen LogP contribution < -0.4 is 15.0 Å². The van der Waals surface area contributed by atoms with E-state index in [4.69, 9.17) is 14.7 Å². The maximum atomic E-state index is 12.3. The van der Waals surface area contributed by atoms with Gasteiger partial charge in [-0.15, -0.1) is 0 Å². The van der Waals surface area contributed by atoms with Crippen LogP contribution in [0, 0.1) is 0 Å². The Bertz CT molecular complexity index is 839. The summed E-state index contributed by atoms with van der Waals surface area (Å²) in [6, 6.07) is 3.62. The number of aryl methyl sites for hydroxylation is 1. The molecule has 0 bridgehead atoms. The second-order valence-electron chi connectivity index (χ2n) is 7.24. The number of nitrogens with one attached hydrogen (secondary N) is 1. The molecule has 1 N–H and O–H groups in total. The molecule has 1 aliphatic carbocycles. The van der Waals surface area contributed by atoms with Crippen LogP contribution in [-0.4, -0.2) is 73.6 Å². The number of methoxy groups -OCH3 is 1. The normalized spacial score (nSPS) is 12.8. The smallest absolute Gasteiger partial charge is 0.239 e. The average molecular weight is 384 g/mol. The number of nitrogens with zero attached hydrogens (tertiary/aromatic N) is 5. The molecule has 0 spiro atoms. The lowest BCUT2D eigenvalue weighted by molar-refractivity contribution is -0.119. The monoisotopic (exact) mass is 384 g/mol. The zero-order chi connectivity index (χ0) is 20.1. The summed E-state index contributed by atoms with van der Waals surface area (Å²) in [7, 11) is 7.49. The molecule has 150 valence electrons. The van der Waals surface area contributed by atoms with Gasteiger partial charge in [0.25, 0.3) is 0 Å². The highest BCUT2D eigenvalue weighted by atomic mass is 16.5. The molecule has 8 heteroatoms. The number of likely N-dealkylation sites (N-methyl/N-ethyl adjacent to an activating group) is 2. The summed E-state index contributed by atoms with van der Waals surface area (Å²) < 4.78 is 5.29. The summed E-state index contributed by atoms with van der Waals surface area (Å²) in [4.78, 5) is 30.1. The number of anilines is 1. The first-order chi connectivity index (χ1) is 13.5. The molecule has 2 aromatic rings. The lowest BCUT2D eigenvalue weighted by atomic mass is 10.2. The van der Waals surface area contributed by atoms with Crippen LogP contribution in [0.25, 0.3) is 11.5 Å². The van der Waals surface area contributed by atoms with Crippen molar-refractivity contribution in [1.29, 1.82) is 0 Å². The summed E-state index contributed by atoms with van der Waals surface area (Å²) >= 11 is 0. The van der Waals surface area contributed by atoms with Crippen LogP contribution in [0.3, 0.4) is 0 Å². The zero-order valence-electron chi connectivity index (χ0n) is 17.0. The Labute approximate surface area is 166 Å². The minimum atomic E-state index is -0.0178. The first-order valence-electron chi connectivity index (χ1n) is 9.50. The second-order valence-corrected chi connectivity index (χ2v) is 7.24. The third-order valence-electron chi connectivity index (χ3n) is 4.73. The minimum Gasteiger partial charge on any atom is -0.497 e. The van der Waals surface area contributed by atoms with Gasteiger partial charge in [-0.2, -0.15) is 0 Å². The average Bonchev–Trinajstić information content (AvgIpc) is 3.15. The molecule has 2 heterocycles. The van der Waals surface area contributed by atoms with Crippen LogP contribution in [0.5, 0.6) is 5.75 Å². The van der Waals surface area contributed by atoms with Gasteiger partial charge in [-0.1, -0.05) is 0 Å². The molecule has 1 aliphatic rings. The van der Waals surface area contributed by atoms with E-state index in [0.29, 0.717) is 23.8 Å².